The first-order chi connectivity index (χ1) is 10.0. The Hall–Kier alpha value is -2.10. The van der Waals surface area contributed by atoms with Gasteiger partial charge in [-0.25, -0.2) is 0 Å². The van der Waals surface area contributed by atoms with E-state index in [9.17, 15) is 9.59 Å². The second-order valence-electron chi connectivity index (χ2n) is 5.12. The zero-order valence-corrected chi connectivity index (χ0v) is 12.6. The molecule has 0 fully saturated rings. The first-order valence-electron chi connectivity index (χ1n) is 7.13. The summed E-state index contributed by atoms with van der Waals surface area (Å²) in [7, 11) is 0. The minimum Gasteiger partial charge on any atom is -0.466 e. The van der Waals surface area contributed by atoms with Gasteiger partial charge in [0, 0.05) is 6.92 Å². The Morgan fingerprint density at radius 2 is 1.90 bits per heavy atom. The Balaban J connectivity index is 2.32. The van der Waals surface area contributed by atoms with Crippen LogP contribution in [-0.4, -0.2) is 24.6 Å². The van der Waals surface area contributed by atoms with Crippen LogP contribution in [0.25, 0.3) is 5.57 Å². The van der Waals surface area contributed by atoms with E-state index in [-0.39, 0.29) is 11.9 Å². The molecule has 0 saturated heterocycles. The zero-order chi connectivity index (χ0) is 15.4. The molecule has 1 aliphatic rings. The molecule has 0 saturated carbocycles. The minimum absolute atomic E-state index is 0.311. The van der Waals surface area contributed by atoms with Gasteiger partial charge in [0.1, 0.15) is 12.0 Å². The van der Waals surface area contributed by atoms with E-state index in [4.69, 9.17) is 9.47 Å². The van der Waals surface area contributed by atoms with Crippen molar-refractivity contribution >= 4 is 17.5 Å². The molecule has 1 aromatic rings. The van der Waals surface area contributed by atoms with E-state index < -0.39 is 12.0 Å². The second-order valence-corrected chi connectivity index (χ2v) is 5.12. The van der Waals surface area contributed by atoms with Crippen molar-refractivity contribution in [1.29, 1.82) is 0 Å². The van der Waals surface area contributed by atoms with Gasteiger partial charge in [-0.1, -0.05) is 30.3 Å². The number of hydrogen-bond acceptors (Lipinski definition) is 4. The molecule has 0 N–H and O–H groups in total. The molecule has 0 heterocycles. The summed E-state index contributed by atoms with van der Waals surface area (Å²) in [6, 6.07) is 9.84. The third-order valence-corrected chi connectivity index (χ3v) is 3.70. The standard InChI is InChI=1S/C17H20O4/c1-4-20-17(19)15-10-14(13-8-6-5-7-9-13)11(2)16(15)21-12(3)18/h5-9,15-16H,4,10H2,1-3H3/t15-,16-/m1/s1. The van der Waals surface area contributed by atoms with E-state index in [0.29, 0.717) is 13.0 Å². The van der Waals surface area contributed by atoms with Crippen molar-refractivity contribution in [1.82, 2.24) is 0 Å². The lowest BCUT2D eigenvalue weighted by atomic mass is 10.0. The average Bonchev–Trinajstić information content (AvgIpc) is 2.77. The lowest BCUT2D eigenvalue weighted by Crippen LogP contribution is -2.30. The molecule has 0 radical (unpaired) electrons. The van der Waals surface area contributed by atoms with Crippen molar-refractivity contribution in [2.24, 2.45) is 5.92 Å². The smallest absolute Gasteiger partial charge is 0.313 e. The Bertz CT molecular complexity index is 559. The third-order valence-electron chi connectivity index (χ3n) is 3.70. The van der Waals surface area contributed by atoms with Gasteiger partial charge in [-0.05, 0) is 37.0 Å². The molecule has 1 aliphatic carbocycles. The van der Waals surface area contributed by atoms with Crippen LogP contribution in [0.1, 0.15) is 32.8 Å². The Morgan fingerprint density at radius 3 is 2.48 bits per heavy atom. The molecule has 21 heavy (non-hydrogen) atoms. The summed E-state index contributed by atoms with van der Waals surface area (Å²) in [5.41, 5.74) is 3.04. The Labute approximate surface area is 124 Å². The number of rotatable bonds is 4. The topological polar surface area (TPSA) is 52.6 Å². The van der Waals surface area contributed by atoms with Gasteiger partial charge in [-0.15, -0.1) is 0 Å². The highest BCUT2D eigenvalue weighted by Gasteiger charge is 2.40. The zero-order valence-electron chi connectivity index (χ0n) is 12.6. The molecule has 0 bridgehead atoms. The van der Waals surface area contributed by atoms with Crippen molar-refractivity contribution in [2.75, 3.05) is 6.61 Å². The van der Waals surface area contributed by atoms with Gasteiger partial charge in [0.15, 0.2) is 0 Å². The number of ether oxygens (including phenoxy) is 2. The van der Waals surface area contributed by atoms with Crippen LogP contribution in [0.3, 0.4) is 0 Å². The predicted octanol–water partition coefficient (Wildman–Crippen LogP) is 2.97. The molecule has 4 nitrogen and oxygen atoms in total. The van der Waals surface area contributed by atoms with Gasteiger partial charge in [0.05, 0.1) is 6.61 Å². The molecule has 2 atom stereocenters. The highest BCUT2D eigenvalue weighted by Crippen LogP contribution is 2.40. The quantitative estimate of drug-likeness (QED) is 0.799. The van der Waals surface area contributed by atoms with Crippen molar-refractivity contribution in [3.8, 4) is 0 Å². The fraction of sp³-hybridized carbons (Fsp3) is 0.412. The summed E-state index contributed by atoms with van der Waals surface area (Å²) < 4.78 is 10.5. The van der Waals surface area contributed by atoms with E-state index in [1.54, 1.807) is 6.92 Å². The van der Waals surface area contributed by atoms with Crippen LogP contribution < -0.4 is 0 Å². The normalized spacial score (nSPS) is 21.3. The lowest BCUT2D eigenvalue weighted by molar-refractivity contribution is -0.157. The van der Waals surface area contributed by atoms with Crippen LogP contribution >= 0.6 is 0 Å². The third kappa shape index (κ3) is 3.32. The van der Waals surface area contributed by atoms with E-state index in [0.717, 1.165) is 16.7 Å². The highest BCUT2D eigenvalue weighted by atomic mass is 16.6. The molecule has 0 aromatic heterocycles. The maximum atomic E-state index is 12.1. The summed E-state index contributed by atoms with van der Waals surface area (Å²) in [6.07, 6.45) is 0.00357. The summed E-state index contributed by atoms with van der Waals surface area (Å²) >= 11 is 0. The van der Waals surface area contributed by atoms with E-state index >= 15 is 0 Å². The fourth-order valence-corrected chi connectivity index (χ4v) is 2.75. The molecule has 1 aromatic carbocycles. The van der Waals surface area contributed by atoms with Crippen molar-refractivity contribution in [3.05, 3.63) is 41.5 Å². The molecule has 4 heteroatoms. The Kier molecular flexibility index (Phi) is 4.78. The van der Waals surface area contributed by atoms with Crippen molar-refractivity contribution < 1.29 is 19.1 Å². The van der Waals surface area contributed by atoms with E-state index in [1.807, 2.05) is 37.3 Å². The average molecular weight is 288 g/mol. The minimum atomic E-state index is -0.531. The van der Waals surface area contributed by atoms with Crippen LogP contribution in [0.2, 0.25) is 0 Å². The van der Waals surface area contributed by atoms with Crippen LogP contribution in [0.15, 0.2) is 35.9 Å². The van der Waals surface area contributed by atoms with Crippen molar-refractivity contribution in [3.63, 3.8) is 0 Å². The number of benzene rings is 1. The molecule has 0 spiro atoms. The SMILES string of the molecule is CCOC(=O)[C@@H]1CC(c2ccccc2)=C(C)[C@H]1OC(C)=O. The summed E-state index contributed by atoms with van der Waals surface area (Å²) in [4.78, 5) is 23.4. The van der Waals surface area contributed by atoms with Gasteiger partial charge < -0.3 is 9.47 Å². The van der Waals surface area contributed by atoms with Crippen LogP contribution in [0.5, 0.6) is 0 Å². The van der Waals surface area contributed by atoms with Crippen LogP contribution in [0, 0.1) is 5.92 Å². The summed E-state index contributed by atoms with van der Waals surface area (Å²) in [6.45, 7) is 5.36. The molecule has 0 aliphatic heterocycles. The number of carbonyl (C=O) groups is 2. The molecule has 0 unspecified atom stereocenters. The largest absolute Gasteiger partial charge is 0.466 e. The van der Waals surface area contributed by atoms with Gasteiger partial charge >= 0.3 is 11.9 Å². The van der Waals surface area contributed by atoms with Crippen LogP contribution in [-0.2, 0) is 19.1 Å². The molecule has 0 amide bonds. The van der Waals surface area contributed by atoms with E-state index in [1.165, 1.54) is 6.92 Å². The predicted molar refractivity (Wildman–Crippen MR) is 79.3 cm³/mol. The van der Waals surface area contributed by atoms with E-state index in [2.05, 4.69) is 0 Å². The molecule has 2 rings (SSSR count). The number of esters is 2. The summed E-state index contributed by atoms with van der Waals surface area (Å²) in [5.74, 6) is -1.15. The maximum absolute atomic E-state index is 12.1. The number of hydrogen-bond donors (Lipinski definition) is 0. The molecular weight excluding hydrogens is 268 g/mol. The first-order valence-corrected chi connectivity index (χ1v) is 7.13. The number of allylic oxidation sites excluding steroid dienone is 1. The summed E-state index contributed by atoms with van der Waals surface area (Å²) in [5, 5.41) is 0. The second kappa shape index (κ2) is 6.57. The highest BCUT2D eigenvalue weighted by molar-refractivity contribution is 5.83. The fourth-order valence-electron chi connectivity index (χ4n) is 2.75. The maximum Gasteiger partial charge on any atom is 0.313 e. The van der Waals surface area contributed by atoms with Gasteiger partial charge in [-0.2, -0.15) is 0 Å². The van der Waals surface area contributed by atoms with Gasteiger partial charge in [0.25, 0.3) is 0 Å². The Morgan fingerprint density at radius 1 is 1.24 bits per heavy atom. The van der Waals surface area contributed by atoms with Crippen LogP contribution in [0.4, 0.5) is 0 Å². The van der Waals surface area contributed by atoms with Gasteiger partial charge in [-0.3, -0.25) is 9.59 Å². The van der Waals surface area contributed by atoms with Crippen molar-refractivity contribution in [2.45, 2.75) is 33.3 Å². The molecule has 112 valence electrons. The first kappa shape index (κ1) is 15.3. The monoisotopic (exact) mass is 288 g/mol. The van der Waals surface area contributed by atoms with Gasteiger partial charge in [0.2, 0.25) is 0 Å². The lowest BCUT2D eigenvalue weighted by Gasteiger charge is -2.19. The number of carbonyl (C=O) groups excluding carboxylic acids is 2. The molecular formula is C17H20O4.